The zero-order chi connectivity index (χ0) is 29.9. The first-order valence-electron chi connectivity index (χ1n) is 14.2. The quantitative estimate of drug-likeness (QED) is 0.276. The number of nitrogens with one attached hydrogen (secondary N) is 1. The number of ether oxygens (including phenoxy) is 1. The van der Waals surface area contributed by atoms with Crippen LogP contribution in [-0.4, -0.2) is 42.1 Å². The Morgan fingerprint density at radius 1 is 0.902 bits per heavy atom. The van der Waals surface area contributed by atoms with Crippen molar-refractivity contribution in [2.24, 2.45) is 11.8 Å². The van der Waals surface area contributed by atoms with Crippen LogP contribution in [0.1, 0.15) is 80.2 Å². The molecular weight excluding hydrogens is 548 g/mol. The van der Waals surface area contributed by atoms with Crippen molar-refractivity contribution in [3.63, 3.8) is 0 Å². The van der Waals surface area contributed by atoms with Gasteiger partial charge in [-0.15, -0.1) is 0 Å². The molecule has 4 rings (SSSR count). The minimum absolute atomic E-state index is 0.0250. The second-order valence-electron chi connectivity index (χ2n) is 12.0. The molecule has 2 aromatic carbocycles. The van der Waals surface area contributed by atoms with E-state index in [0.29, 0.717) is 31.4 Å². The Hall–Kier alpha value is -2.14. The van der Waals surface area contributed by atoms with Gasteiger partial charge >= 0.3 is 12.4 Å². The molecule has 2 aliphatic rings. The van der Waals surface area contributed by atoms with Gasteiger partial charge in [0.1, 0.15) is 6.10 Å². The average Bonchev–Trinajstić information content (AvgIpc) is 2.94. The summed E-state index contributed by atoms with van der Waals surface area (Å²) in [5, 5.41) is 24.6. The number of rotatable bonds is 9. The van der Waals surface area contributed by atoms with E-state index in [9.17, 15) is 36.6 Å². The first-order valence-corrected chi connectivity index (χ1v) is 14.2. The molecule has 1 aliphatic carbocycles. The van der Waals surface area contributed by atoms with E-state index in [1.54, 1.807) is 0 Å². The van der Waals surface area contributed by atoms with Crippen LogP contribution in [0.4, 0.5) is 26.3 Å². The van der Waals surface area contributed by atoms with Crippen molar-refractivity contribution in [3.8, 4) is 0 Å². The molecule has 0 bridgehead atoms. The van der Waals surface area contributed by atoms with Crippen LogP contribution in [0.15, 0.2) is 48.5 Å². The van der Waals surface area contributed by atoms with Crippen LogP contribution < -0.4 is 5.32 Å². The highest BCUT2D eigenvalue weighted by Crippen LogP contribution is 2.46. The summed E-state index contributed by atoms with van der Waals surface area (Å²) in [7, 11) is 0. The van der Waals surface area contributed by atoms with Crippen molar-refractivity contribution >= 4 is 0 Å². The topological polar surface area (TPSA) is 61.7 Å². The van der Waals surface area contributed by atoms with Crippen LogP contribution in [0, 0.1) is 11.8 Å². The number of piperidine rings is 1. The smallest absolute Gasteiger partial charge is 0.393 e. The number of aliphatic hydroxyl groups is 2. The minimum atomic E-state index is -4.99. The summed E-state index contributed by atoms with van der Waals surface area (Å²) in [4.78, 5) is 0. The highest BCUT2D eigenvalue weighted by molar-refractivity contribution is 5.35. The van der Waals surface area contributed by atoms with Gasteiger partial charge < -0.3 is 20.3 Å². The summed E-state index contributed by atoms with van der Waals surface area (Å²) in [5.74, 6) is 0.510. The minimum Gasteiger partial charge on any atom is -0.393 e. The normalized spacial score (nSPS) is 25.0. The van der Waals surface area contributed by atoms with E-state index in [4.69, 9.17) is 4.74 Å². The fraction of sp³-hybridized carbons (Fsp3) is 0.613. The third-order valence-corrected chi connectivity index (χ3v) is 9.08. The molecule has 4 nitrogen and oxygen atoms in total. The van der Waals surface area contributed by atoms with Crippen LogP contribution >= 0.6 is 0 Å². The highest BCUT2D eigenvalue weighted by atomic mass is 19.4. The molecule has 1 heterocycles. The predicted octanol–water partition coefficient (Wildman–Crippen LogP) is 7.04. The fourth-order valence-electron chi connectivity index (χ4n) is 6.62. The summed E-state index contributed by atoms with van der Waals surface area (Å²) >= 11 is 0. The number of benzene rings is 2. The number of alkyl halides is 6. The van der Waals surface area contributed by atoms with Gasteiger partial charge in [0.15, 0.2) is 0 Å². The summed E-state index contributed by atoms with van der Waals surface area (Å²) in [6.07, 6.45) is -5.87. The number of hydrogen-bond donors (Lipinski definition) is 3. The molecule has 2 fully saturated rings. The maximum atomic E-state index is 13.4. The second kappa shape index (κ2) is 12.6. The van der Waals surface area contributed by atoms with E-state index in [1.807, 2.05) is 37.3 Å². The summed E-state index contributed by atoms with van der Waals surface area (Å²) in [6, 6.07) is 10.9. The summed E-state index contributed by atoms with van der Waals surface area (Å²) in [5.41, 5.74) is -3.59. The molecule has 1 saturated carbocycles. The average molecular weight is 588 g/mol. The number of aliphatic hydroxyl groups excluding tert-OH is 1. The lowest BCUT2D eigenvalue weighted by Crippen LogP contribution is -2.44. The Balaban J connectivity index is 1.53. The fourth-order valence-corrected chi connectivity index (χ4v) is 6.62. The maximum Gasteiger partial charge on any atom is 0.416 e. The van der Waals surface area contributed by atoms with E-state index < -0.39 is 47.2 Å². The molecular formula is C31H39F6NO3. The van der Waals surface area contributed by atoms with Crippen molar-refractivity contribution in [2.75, 3.05) is 26.3 Å². The van der Waals surface area contributed by atoms with Gasteiger partial charge in [-0.3, -0.25) is 0 Å². The molecule has 2 unspecified atom stereocenters. The molecule has 10 heteroatoms. The lowest BCUT2D eigenvalue weighted by molar-refractivity contribution is -0.143. The zero-order valence-corrected chi connectivity index (χ0v) is 23.2. The first kappa shape index (κ1) is 31.8. The van der Waals surface area contributed by atoms with Gasteiger partial charge in [0.05, 0.1) is 29.9 Å². The standard InChI is InChI=1S/C31H39F6NO3/c1-28(40,23-9-13-38-14-10-23)18-21-7-11-29(12-8-21,24-5-3-2-4-6-24)20-41-27(19-39)22-15-25(30(32,33)34)17-26(16-22)31(35,36)37/h2-6,15-17,21,23,27,38-40H,7-14,18-20H2,1H3. The zero-order valence-electron chi connectivity index (χ0n) is 23.2. The monoisotopic (exact) mass is 587 g/mol. The van der Waals surface area contributed by atoms with Gasteiger partial charge in [0, 0.05) is 5.41 Å². The molecule has 0 radical (unpaired) electrons. The van der Waals surface area contributed by atoms with Crippen LogP contribution in [0.5, 0.6) is 0 Å². The molecule has 2 atom stereocenters. The maximum absolute atomic E-state index is 13.4. The van der Waals surface area contributed by atoms with Crippen LogP contribution in [0.3, 0.4) is 0 Å². The molecule has 1 aliphatic heterocycles. The van der Waals surface area contributed by atoms with Gasteiger partial charge in [-0.1, -0.05) is 30.3 Å². The largest absolute Gasteiger partial charge is 0.416 e. The van der Waals surface area contributed by atoms with Crippen molar-refractivity contribution in [1.29, 1.82) is 0 Å². The van der Waals surface area contributed by atoms with E-state index in [1.165, 1.54) is 0 Å². The molecule has 2 aromatic rings. The summed E-state index contributed by atoms with van der Waals surface area (Å²) < 4.78 is 86.7. The third-order valence-electron chi connectivity index (χ3n) is 9.08. The van der Waals surface area contributed by atoms with E-state index in [0.717, 1.165) is 44.3 Å². The molecule has 0 spiro atoms. The van der Waals surface area contributed by atoms with Crippen LogP contribution in [0.25, 0.3) is 0 Å². The van der Waals surface area contributed by atoms with Gasteiger partial charge in [-0.2, -0.15) is 26.3 Å². The molecule has 41 heavy (non-hydrogen) atoms. The molecule has 0 aromatic heterocycles. The first-order chi connectivity index (χ1) is 19.2. The Morgan fingerprint density at radius 2 is 1.46 bits per heavy atom. The van der Waals surface area contributed by atoms with Crippen molar-refractivity contribution in [2.45, 2.75) is 81.3 Å². The van der Waals surface area contributed by atoms with Crippen molar-refractivity contribution < 1.29 is 41.3 Å². The predicted molar refractivity (Wildman–Crippen MR) is 143 cm³/mol. The van der Waals surface area contributed by atoms with Crippen molar-refractivity contribution in [3.05, 3.63) is 70.8 Å². The molecule has 3 N–H and O–H groups in total. The molecule has 0 amide bonds. The van der Waals surface area contributed by atoms with Gasteiger partial charge in [-0.25, -0.2) is 0 Å². The van der Waals surface area contributed by atoms with Crippen molar-refractivity contribution in [1.82, 2.24) is 5.32 Å². The SMILES string of the molecule is CC(O)(CC1CCC(COC(CO)c2cc(C(F)(F)F)cc(C(F)(F)F)c2)(c2ccccc2)CC1)C1CCNCC1. The Morgan fingerprint density at radius 3 is 1.98 bits per heavy atom. The lowest BCUT2D eigenvalue weighted by Gasteiger charge is -2.44. The summed E-state index contributed by atoms with van der Waals surface area (Å²) in [6.45, 7) is 2.95. The van der Waals surface area contributed by atoms with Gasteiger partial charge in [0.25, 0.3) is 0 Å². The van der Waals surface area contributed by atoms with Crippen LogP contribution in [-0.2, 0) is 22.5 Å². The van der Waals surface area contributed by atoms with Gasteiger partial charge in [0.2, 0.25) is 0 Å². The Labute approximate surface area is 237 Å². The molecule has 1 saturated heterocycles. The molecule has 228 valence electrons. The number of hydrogen-bond acceptors (Lipinski definition) is 4. The van der Waals surface area contributed by atoms with Crippen LogP contribution in [0.2, 0.25) is 0 Å². The Bertz CT molecular complexity index is 1090. The number of halogens is 6. The second-order valence-corrected chi connectivity index (χ2v) is 12.0. The van der Waals surface area contributed by atoms with Gasteiger partial charge in [-0.05, 0) is 106 Å². The Kier molecular flexibility index (Phi) is 9.78. The third kappa shape index (κ3) is 7.83. The highest BCUT2D eigenvalue weighted by Gasteiger charge is 2.42. The lowest BCUT2D eigenvalue weighted by atomic mass is 9.64. The van der Waals surface area contributed by atoms with E-state index >= 15 is 0 Å². The van der Waals surface area contributed by atoms with E-state index in [-0.39, 0.29) is 30.1 Å². The van der Waals surface area contributed by atoms with E-state index in [2.05, 4.69) is 5.32 Å².